The van der Waals surface area contributed by atoms with Gasteiger partial charge in [0.15, 0.2) is 11.5 Å². The SMILES string of the molecule is O=C(NCCN1C(=O)/C(=C\c2ccc3c(c2)OCO3)SC1=S)c1cc(Cl)ccc1F. The maximum absolute atomic E-state index is 13.8. The lowest BCUT2D eigenvalue weighted by molar-refractivity contribution is -0.122. The molecule has 0 spiro atoms. The van der Waals surface area contributed by atoms with E-state index in [1.165, 1.54) is 28.8 Å². The van der Waals surface area contributed by atoms with Gasteiger partial charge in [-0.05, 0) is 42.0 Å². The van der Waals surface area contributed by atoms with Gasteiger partial charge in [-0.1, -0.05) is 41.6 Å². The maximum Gasteiger partial charge on any atom is 0.266 e. The number of ether oxygens (including phenoxy) is 2. The molecular weight excluding hydrogens is 451 g/mol. The molecule has 1 fully saturated rings. The fourth-order valence-corrected chi connectivity index (χ4v) is 4.38. The summed E-state index contributed by atoms with van der Waals surface area (Å²) in [5.74, 6) is -0.266. The molecule has 1 N–H and O–H groups in total. The fraction of sp³-hybridized carbons (Fsp3) is 0.150. The molecule has 1 saturated heterocycles. The highest BCUT2D eigenvalue weighted by atomic mass is 35.5. The van der Waals surface area contributed by atoms with Crippen LogP contribution in [-0.2, 0) is 4.79 Å². The van der Waals surface area contributed by atoms with E-state index in [2.05, 4.69) is 5.32 Å². The summed E-state index contributed by atoms with van der Waals surface area (Å²) in [6, 6.07) is 9.12. The number of hydrogen-bond acceptors (Lipinski definition) is 6. The van der Waals surface area contributed by atoms with E-state index < -0.39 is 11.7 Å². The van der Waals surface area contributed by atoms with Crippen molar-refractivity contribution in [1.82, 2.24) is 10.2 Å². The molecule has 154 valence electrons. The quantitative estimate of drug-likeness (QED) is 0.535. The predicted molar refractivity (Wildman–Crippen MR) is 116 cm³/mol. The average Bonchev–Trinajstić information content (AvgIpc) is 3.29. The van der Waals surface area contributed by atoms with Crippen LogP contribution in [0.4, 0.5) is 4.39 Å². The normalized spacial score (nSPS) is 16.5. The zero-order valence-corrected chi connectivity index (χ0v) is 17.7. The van der Waals surface area contributed by atoms with Crippen LogP contribution >= 0.6 is 35.6 Å². The minimum absolute atomic E-state index is 0.106. The number of rotatable bonds is 5. The molecule has 0 aliphatic carbocycles. The molecule has 6 nitrogen and oxygen atoms in total. The number of thioether (sulfide) groups is 1. The van der Waals surface area contributed by atoms with Gasteiger partial charge in [0.2, 0.25) is 6.79 Å². The Morgan fingerprint density at radius 3 is 2.90 bits per heavy atom. The van der Waals surface area contributed by atoms with Crippen LogP contribution in [0.2, 0.25) is 5.02 Å². The number of thiocarbonyl (C=S) groups is 1. The number of amides is 2. The van der Waals surface area contributed by atoms with Gasteiger partial charge in [0.25, 0.3) is 11.8 Å². The van der Waals surface area contributed by atoms with Crippen molar-refractivity contribution < 1.29 is 23.5 Å². The smallest absolute Gasteiger partial charge is 0.266 e. The van der Waals surface area contributed by atoms with Crippen LogP contribution in [0, 0.1) is 5.82 Å². The van der Waals surface area contributed by atoms with Gasteiger partial charge in [-0.3, -0.25) is 14.5 Å². The number of fused-ring (bicyclic) bond motifs is 1. The minimum atomic E-state index is -0.672. The van der Waals surface area contributed by atoms with Crippen LogP contribution in [0.15, 0.2) is 41.3 Å². The molecule has 0 radical (unpaired) electrons. The molecule has 0 aromatic heterocycles. The molecule has 0 bridgehead atoms. The number of carbonyl (C=O) groups excluding carboxylic acids is 2. The molecule has 2 aliphatic rings. The lowest BCUT2D eigenvalue weighted by Crippen LogP contribution is -2.37. The molecule has 2 aromatic rings. The van der Waals surface area contributed by atoms with Crippen molar-refractivity contribution in [2.45, 2.75) is 0 Å². The van der Waals surface area contributed by atoms with Gasteiger partial charge in [-0.15, -0.1) is 0 Å². The summed E-state index contributed by atoms with van der Waals surface area (Å²) in [6.45, 7) is 0.442. The Labute approximate surface area is 186 Å². The van der Waals surface area contributed by atoms with Gasteiger partial charge in [0.1, 0.15) is 10.1 Å². The third-order valence-electron chi connectivity index (χ3n) is 4.36. The highest BCUT2D eigenvalue weighted by Crippen LogP contribution is 2.36. The Bertz CT molecular complexity index is 1090. The van der Waals surface area contributed by atoms with Crippen molar-refractivity contribution in [2.75, 3.05) is 19.9 Å². The average molecular weight is 465 g/mol. The first kappa shape index (κ1) is 20.6. The van der Waals surface area contributed by atoms with Crippen molar-refractivity contribution >= 4 is 57.8 Å². The second kappa shape index (κ2) is 8.63. The lowest BCUT2D eigenvalue weighted by atomic mass is 10.2. The molecular formula is C20H14ClFN2O4S2. The third kappa shape index (κ3) is 4.28. The summed E-state index contributed by atoms with van der Waals surface area (Å²) in [4.78, 5) is 26.7. The third-order valence-corrected chi connectivity index (χ3v) is 5.97. The molecule has 30 heavy (non-hydrogen) atoms. The molecule has 2 heterocycles. The maximum atomic E-state index is 13.8. The summed E-state index contributed by atoms with van der Waals surface area (Å²) in [6.07, 6.45) is 1.72. The summed E-state index contributed by atoms with van der Waals surface area (Å²) >= 11 is 12.3. The summed E-state index contributed by atoms with van der Waals surface area (Å²) < 4.78 is 24.8. The van der Waals surface area contributed by atoms with Crippen molar-refractivity contribution in [3.63, 3.8) is 0 Å². The van der Waals surface area contributed by atoms with Crippen LogP contribution in [0.3, 0.4) is 0 Å². The fourth-order valence-electron chi connectivity index (χ4n) is 2.90. The van der Waals surface area contributed by atoms with Gasteiger partial charge < -0.3 is 14.8 Å². The van der Waals surface area contributed by atoms with E-state index >= 15 is 0 Å². The highest BCUT2D eigenvalue weighted by Gasteiger charge is 2.32. The van der Waals surface area contributed by atoms with Crippen LogP contribution in [0.1, 0.15) is 15.9 Å². The van der Waals surface area contributed by atoms with E-state index in [1.807, 2.05) is 6.07 Å². The largest absolute Gasteiger partial charge is 0.454 e. The van der Waals surface area contributed by atoms with Gasteiger partial charge >= 0.3 is 0 Å². The molecule has 0 atom stereocenters. The molecule has 2 amide bonds. The summed E-state index contributed by atoms with van der Waals surface area (Å²) in [5, 5.41) is 2.83. The summed E-state index contributed by atoms with van der Waals surface area (Å²) in [5.41, 5.74) is 0.625. The number of nitrogens with one attached hydrogen (secondary N) is 1. The van der Waals surface area contributed by atoms with Crippen molar-refractivity contribution in [3.8, 4) is 11.5 Å². The van der Waals surface area contributed by atoms with E-state index in [4.69, 9.17) is 33.3 Å². The number of hydrogen-bond donors (Lipinski definition) is 1. The molecule has 4 rings (SSSR count). The highest BCUT2D eigenvalue weighted by molar-refractivity contribution is 8.26. The molecule has 10 heteroatoms. The molecule has 0 unspecified atom stereocenters. The molecule has 2 aliphatic heterocycles. The van der Waals surface area contributed by atoms with Gasteiger partial charge in [0, 0.05) is 18.1 Å². The Hall–Kier alpha value is -2.62. The second-order valence-electron chi connectivity index (χ2n) is 6.33. The Kier molecular flexibility index (Phi) is 5.94. The topological polar surface area (TPSA) is 67.9 Å². The Morgan fingerprint density at radius 1 is 1.27 bits per heavy atom. The minimum Gasteiger partial charge on any atom is -0.454 e. The number of carbonyl (C=O) groups is 2. The molecule has 0 saturated carbocycles. The van der Waals surface area contributed by atoms with Gasteiger partial charge in [-0.25, -0.2) is 4.39 Å². The van der Waals surface area contributed by atoms with Crippen molar-refractivity contribution in [2.24, 2.45) is 0 Å². The van der Waals surface area contributed by atoms with Crippen LogP contribution in [0.5, 0.6) is 11.5 Å². The van der Waals surface area contributed by atoms with E-state index in [-0.39, 0.29) is 36.4 Å². The van der Waals surface area contributed by atoms with Crippen LogP contribution < -0.4 is 14.8 Å². The zero-order chi connectivity index (χ0) is 21.3. The van der Waals surface area contributed by atoms with Crippen molar-refractivity contribution in [1.29, 1.82) is 0 Å². The van der Waals surface area contributed by atoms with E-state index in [9.17, 15) is 14.0 Å². The van der Waals surface area contributed by atoms with Gasteiger partial charge in [0.05, 0.1) is 10.5 Å². The Balaban J connectivity index is 1.38. The first-order chi connectivity index (χ1) is 14.4. The Morgan fingerprint density at radius 2 is 2.07 bits per heavy atom. The van der Waals surface area contributed by atoms with Gasteiger partial charge in [-0.2, -0.15) is 0 Å². The van der Waals surface area contributed by atoms with E-state index in [0.29, 0.717) is 20.7 Å². The number of halogens is 2. The molecule has 2 aromatic carbocycles. The van der Waals surface area contributed by atoms with Crippen LogP contribution in [-0.4, -0.2) is 40.9 Å². The number of benzene rings is 2. The van der Waals surface area contributed by atoms with E-state index in [0.717, 1.165) is 11.6 Å². The van der Waals surface area contributed by atoms with Crippen molar-refractivity contribution in [3.05, 3.63) is 63.3 Å². The predicted octanol–water partition coefficient (Wildman–Crippen LogP) is 3.84. The first-order valence-electron chi connectivity index (χ1n) is 8.80. The zero-order valence-electron chi connectivity index (χ0n) is 15.3. The van der Waals surface area contributed by atoms with Crippen LogP contribution in [0.25, 0.3) is 6.08 Å². The standard InChI is InChI=1S/C20H14ClFN2O4S2/c21-12-2-3-14(22)13(9-12)18(25)23-5-6-24-19(26)17(30-20(24)29)8-11-1-4-15-16(7-11)28-10-27-15/h1-4,7-9H,5-6,10H2,(H,23,25)/b17-8+. The second-order valence-corrected chi connectivity index (χ2v) is 8.44. The summed E-state index contributed by atoms with van der Waals surface area (Å²) in [7, 11) is 0. The van der Waals surface area contributed by atoms with E-state index in [1.54, 1.807) is 18.2 Å². The first-order valence-corrected chi connectivity index (χ1v) is 10.4. The lowest BCUT2D eigenvalue weighted by Gasteiger charge is -2.15. The monoisotopic (exact) mass is 464 g/mol. The number of nitrogens with zero attached hydrogens (tertiary/aromatic N) is 1.